The average molecular weight is 224 g/mol. The van der Waals surface area contributed by atoms with Gasteiger partial charge in [-0.1, -0.05) is 0 Å². The summed E-state index contributed by atoms with van der Waals surface area (Å²) < 4.78 is 4.99. The standard InChI is InChI=1S/C11H16N2O3/c1-16-8-4-5-10(9(12)7-8)13-11(15)3-2-6-14/h4-5,7,14H,2-3,6,12H2,1H3,(H,13,15). The highest BCUT2D eigenvalue weighted by atomic mass is 16.5. The van der Waals surface area contributed by atoms with E-state index in [-0.39, 0.29) is 18.9 Å². The molecule has 0 aliphatic heterocycles. The number of benzene rings is 1. The summed E-state index contributed by atoms with van der Waals surface area (Å²) in [4.78, 5) is 11.4. The van der Waals surface area contributed by atoms with Crippen LogP contribution in [0.15, 0.2) is 18.2 Å². The Morgan fingerprint density at radius 1 is 1.56 bits per heavy atom. The Morgan fingerprint density at radius 3 is 2.88 bits per heavy atom. The van der Waals surface area contributed by atoms with Crippen LogP contribution in [0.25, 0.3) is 0 Å². The normalized spacial score (nSPS) is 9.88. The van der Waals surface area contributed by atoms with Crippen LogP contribution in [0.5, 0.6) is 5.75 Å². The molecule has 88 valence electrons. The van der Waals surface area contributed by atoms with Crippen molar-refractivity contribution in [1.29, 1.82) is 0 Å². The van der Waals surface area contributed by atoms with E-state index in [0.717, 1.165) is 0 Å². The zero-order valence-electron chi connectivity index (χ0n) is 9.19. The van der Waals surface area contributed by atoms with E-state index >= 15 is 0 Å². The van der Waals surface area contributed by atoms with Crippen molar-refractivity contribution in [2.45, 2.75) is 12.8 Å². The van der Waals surface area contributed by atoms with Crippen molar-refractivity contribution in [1.82, 2.24) is 0 Å². The molecule has 0 aliphatic rings. The summed E-state index contributed by atoms with van der Waals surface area (Å²) in [6.07, 6.45) is 0.726. The van der Waals surface area contributed by atoms with Crippen LogP contribution in [-0.4, -0.2) is 24.7 Å². The number of rotatable bonds is 5. The van der Waals surface area contributed by atoms with Crippen molar-refractivity contribution in [3.05, 3.63) is 18.2 Å². The molecule has 5 nitrogen and oxygen atoms in total. The van der Waals surface area contributed by atoms with E-state index in [2.05, 4.69) is 5.32 Å². The molecule has 0 heterocycles. The molecule has 4 N–H and O–H groups in total. The molecular formula is C11H16N2O3. The predicted octanol–water partition coefficient (Wildman–Crippen LogP) is 0.988. The van der Waals surface area contributed by atoms with Crippen molar-refractivity contribution in [2.24, 2.45) is 0 Å². The van der Waals surface area contributed by atoms with Gasteiger partial charge < -0.3 is 20.9 Å². The first-order chi connectivity index (χ1) is 7.67. The maximum absolute atomic E-state index is 11.4. The summed E-state index contributed by atoms with van der Waals surface area (Å²) in [6.45, 7) is 0.00547. The Balaban J connectivity index is 2.63. The van der Waals surface area contributed by atoms with Gasteiger partial charge in [-0.05, 0) is 18.6 Å². The predicted molar refractivity (Wildman–Crippen MR) is 62.4 cm³/mol. The van der Waals surface area contributed by atoms with E-state index in [9.17, 15) is 4.79 Å². The Bertz CT molecular complexity index is 366. The van der Waals surface area contributed by atoms with Gasteiger partial charge in [-0.25, -0.2) is 0 Å². The van der Waals surface area contributed by atoms with Gasteiger partial charge in [-0.2, -0.15) is 0 Å². The first kappa shape index (κ1) is 12.3. The SMILES string of the molecule is COc1ccc(NC(=O)CCCO)c(N)c1. The molecule has 5 heteroatoms. The highest BCUT2D eigenvalue weighted by Crippen LogP contribution is 2.24. The average Bonchev–Trinajstić information content (AvgIpc) is 2.29. The zero-order valence-corrected chi connectivity index (χ0v) is 9.19. The monoisotopic (exact) mass is 224 g/mol. The van der Waals surface area contributed by atoms with Crippen molar-refractivity contribution in [2.75, 3.05) is 24.8 Å². The lowest BCUT2D eigenvalue weighted by Crippen LogP contribution is -2.13. The van der Waals surface area contributed by atoms with Gasteiger partial charge in [0.1, 0.15) is 5.75 Å². The summed E-state index contributed by atoms with van der Waals surface area (Å²) in [5, 5.41) is 11.2. The van der Waals surface area contributed by atoms with Gasteiger partial charge in [0.25, 0.3) is 0 Å². The molecule has 1 aromatic rings. The second-order valence-electron chi connectivity index (χ2n) is 3.33. The quantitative estimate of drug-likeness (QED) is 0.651. The number of nitrogens with two attached hydrogens (primary N) is 1. The minimum Gasteiger partial charge on any atom is -0.497 e. The van der Waals surface area contributed by atoms with Crippen LogP contribution in [0.2, 0.25) is 0 Å². The van der Waals surface area contributed by atoms with Gasteiger partial charge in [0.15, 0.2) is 0 Å². The van der Waals surface area contributed by atoms with E-state index in [4.69, 9.17) is 15.6 Å². The van der Waals surface area contributed by atoms with E-state index in [0.29, 0.717) is 23.5 Å². The Labute approximate surface area is 94.2 Å². The highest BCUT2D eigenvalue weighted by Gasteiger charge is 2.05. The van der Waals surface area contributed by atoms with Crippen LogP contribution >= 0.6 is 0 Å². The Hall–Kier alpha value is -1.75. The van der Waals surface area contributed by atoms with Gasteiger partial charge in [-0.15, -0.1) is 0 Å². The maximum atomic E-state index is 11.4. The number of aliphatic hydroxyl groups excluding tert-OH is 1. The van der Waals surface area contributed by atoms with E-state index in [1.54, 1.807) is 25.3 Å². The van der Waals surface area contributed by atoms with Gasteiger partial charge in [0.05, 0.1) is 18.5 Å². The van der Waals surface area contributed by atoms with E-state index < -0.39 is 0 Å². The largest absolute Gasteiger partial charge is 0.497 e. The number of aliphatic hydroxyl groups is 1. The zero-order chi connectivity index (χ0) is 12.0. The summed E-state index contributed by atoms with van der Waals surface area (Å²) in [5.41, 5.74) is 6.74. The second-order valence-corrected chi connectivity index (χ2v) is 3.33. The number of nitrogens with one attached hydrogen (secondary N) is 1. The van der Waals surface area contributed by atoms with E-state index in [1.165, 1.54) is 0 Å². The van der Waals surface area contributed by atoms with E-state index in [1.807, 2.05) is 0 Å². The lowest BCUT2D eigenvalue weighted by molar-refractivity contribution is -0.116. The second kappa shape index (κ2) is 5.97. The van der Waals surface area contributed by atoms with Gasteiger partial charge >= 0.3 is 0 Å². The lowest BCUT2D eigenvalue weighted by Gasteiger charge is -2.09. The summed E-state index contributed by atoms with van der Waals surface area (Å²) in [6, 6.07) is 5.05. The molecule has 0 fully saturated rings. The fourth-order valence-electron chi connectivity index (χ4n) is 1.23. The molecule has 1 amide bonds. The van der Waals surface area contributed by atoms with Crippen LogP contribution in [0, 0.1) is 0 Å². The fourth-order valence-corrected chi connectivity index (χ4v) is 1.23. The molecule has 0 spiro atoms. The summed E-state index contributed by atoms with van der Waals surface area (Å²) >= 11 is 0. The number of anilines is 2. The minimum absolute atomic E-state index is 0.00547. The van der Waals surface area contributed by atoms with Gasteiger partial charge in [-0.3, -0.25) is 4.79 Å². The molecule has 1 aromatic carbocycles. The molecule has 0 bridgehead atoms. The van der Waals surface area contributed by atoms with Gasteiger partial charge in [0, 0.05) is 19.1 Å². The first-order valence-electron chi connectivity index (χ1n) is 5.01. The number of ether oxygens (including phenoxy) is 1. The number of hydrogen-bond donors (Lipinski definition) is 3. The number of hydrogen-bond acceptors (Lipinski definition) is 4. The molecule has 0 atom stereocenters. The highest BCUT2D eigenvalue weighted by molar-refractivity contribution is 5.93. The molecule has 0 saturated carbocycles. The number of carbonyl (C=O) groups is 1. The molecule has 0 unspecified atom stereocenters. The fraction of sp³-hybridized carbons (Fsp3) is 0.364. The number of amides is 1. The number of carbonyl (C=O) groups excluding carboxylic acids is 1. The third kappa shape index (κ3) is 3.43. The van der Waals surface area contributed by atoms with Crippen molar-refractivity contribution in [3.8, 4) is 5.75 Å². The maximum Gasteiger partial charge on any atom is 0.224 e. The summed E-state index contributed by atoms with van der Waals surface area (Å²) in [5.74, 6) is 0.483. The third-order valence-corrected chi connectivity index (χ3v) is 2.09. The molecule has 0 radical (unpaired) electrons. The van der Waals surface area contributed by atoms with Crippen LogP contribution in [0.3, 0.4) is 0 Å². The van der Waals surface area contributed by atoms with Crippen LogP contribution < -0.4 is 15.8 Å². The first-order valence-corrected chi connectivity index (χ1v) is 5.01. The Kier molecular flexibility index (Phi) is 4.60. The summed E-state index contributed by atoms with van der Waals surface area (Å²) in [7, 11) is 1.55. The molecular weight excluding hydrogens is 208 g/mol. The molecule has 0 saturated heterocycles. The van der Waals surface area contributed by atoms with Crippen molar-refractivity contribution in [3.63, 3.8) is 0 Å². The van der Waals surface area contributed by atoms with Crippen LogP contribution in [-0.2, 0) is 4.79 Å². The van der Waals surface area contributed by atoms with Crippen molar-refractivity contribution < 1.29 is 14.6 Å². The Morgan fingerprint density at radius 2 is 2.31 bits per heavy atom. The third-order valence-electron chi connectivity index (χ3n) is 2.09. The van der Waals surface area contributed by atoms with Crippen LogP contribution in [0.1, 0.15) is 12.8 Å². The minimum atomic E-state index is -0.161. The van der Waals surface area contributed by atoms with Crippen LogP contribution in [0.4, 0.5) is 11.4 Å². The number of methoxy groups -OCH3 is 1. The number of nitrogen functional groups attached to an aromatic ring is 1. The molecule has 1 rings (SSSR count). The van der Waals surface area contributed by atoms with Crippen molar-refractivity contribution >= 4 is 17.3 Å². The smallest absolute Gasteiger partial charge is 0.224 e. The van der Waals surface area contributed by atoms with Gasteiger partial charge in [0.2, 0.25) is 5.91 Å². The molecule has 16 heavy (non-hydrogen) atoms. The lowest BCUT2D eigenvalue weighted by atomic mass is 10.2. The molecule has 0 aliphatic carbocycles. The molecule has 0 aromatic heterocycles. The topological polar surface area (TPSA) is 84.6 Å².